The van der Waals surface area contributed by atoms with Gasteiger partial charge in [0.25, 0.3) is 0 Å². The Morgan fingerprint density at radius 2 is 2.10 bits per heavy atom. The predicted octanol–water partition coefficient (Wildman–Crippen LogP) is 1.51. The van der Waals surface area contributed by atoms with Crippen LogP contribution in [-0.4, -0.2) is 7.85 Å². The molecule has 1 aromatic carbocycles. The van der Waals surface area contributed by atoms with Crippen LogP contribution in [0.2, 0.25) is 0 Å². The van der Waals surface area contributed by atoms with E-state index in [0.29, 0.717) is 10.8 Å². The van der Waals surface area contributed by atoms with Gasteiger partial charge in [-0.3, -0.25) is 0 Å². The summed E-state index contributed by atoms with van der Waals surface area (Å²) in [7, 11) is 5.37. The zero-order valence-corrected chi connectivity index (χ0v) is 6.86. The molecule has 2 radical (unpaired) electrons. The van der Waals surface area contributed by atoms with E-state index in [9.17, 15) is 4.39 Å². The van der Waals surface area contributed by atoms with Crippen LogP contribution in [0.5, 0.6) is 0 Å². The summed E-state index contributed by atoms with van der Waals surface area (Å²) < 4.78 is 12.5. The summed E-state index contributed by atoms with van der Waals surface area (Å²) in [5.41, 5.74) is 1.33. The smallest absolute Gasteiger partial charge is 0.122 e. The van der Waals surface area contributed by atoms with Gasteiger partial charge in [-0.2, -0.15) is 0 Å². The maximum Gasteiger partial charge on any atom is 0.122 e. The van der Waals surface area contributed by atoms with E-state index in [2.05, 4.69) is 15.9 Å². The van der Waals surface area contributed by atoms with Crippen LogP contribution < -0.4 is 5.46 Å². The minimum atomic E-state index is -0.283. The first kappa shape index (κ1) is 7.80. The van der Waals surface area contributed by atoms with Crippen molar-refractivity contribution in [2.24, 2.45) is 0 Å². The number of halogens is 2. The molecule has 0 unspecified atom stereocenters. The topological polar surface area (TPSA) is 0 Å². The second kappa shape index (κ2) is 3.19. The largest absolute Gasteiger partial charge is 0.207 e. The maximum atomic E-state index is 12.5. The van der Waals surface area contributed by atoms with Crippen LogP contribution in [0.25, 0.3) is 0 Å². The van der Waals surface area contributed by atoms with Crippen molar-refractivity contribution in [3.8, 4) is 0 Å². The molecule has 0 aliphatic heterocycles. The van der Waals surface area contributed by atoms with Crippen molar-refractivity contribution in [1.29, 1.82) is 0 Å². The molecule has 3 heteroatoms. The molecule has 0 N–H and O–H groups in total. The van der Waals surface area contributed by atoms with E-state index in [4.69, 9.17) is 7.85 Å². The molecule has 0 aromatic heterocycles. The molecule has 0 bridgehead atoms. The SMILES string of the molecule is [B]c1cc(F)cc(CBr)c1. The second-order valence-electron chi connectivity index (χ2n) is 2.03. The summed E-state index contributed by atoms with van der Waals surface area (Å²) in [4.78, 5) is 0. The molecule has 0 amide bonds. The molecule has 0 aliphatic rings. The van der Waals surface area contributed by atoms with Crippen molar-refractivity contribution < 1.29 is 4.39 Å². The van der Waals surface area contributed by atoms with E-state index >= 15 is 0 Å². The van der Waals surface area contributed by atoms with E-state index in [1.807, 2.05) is 0 Å². The number of rotatable bonds is 1. The number of hydrogen-bond acceptors (Lipinski definition) is 0. The lowest BCUT2D eigenvalue weighted by atomic mass is 9.95. The Morgan fingerprint density at radius 3 is 2.60 bits per heavy atom. The Balaban J connectivity index is 3.06. The molecule has 10 heavy (non-hydrogen) atoms. The average Bonchev–Trinajstić information content (AvgIpc) is 1.85. The highest BCUT2D eigenvalue weighted by Gasteiger charge is 1.94. The molecule has 0 saturated carbocycles. The summed E-state index contributed by atoms with van der Waals surface area (Å²) in [5.74, 6) is -0.283. The zero-order valence-electron chi connectivity index (χ0n) is 5.27. The fraction of sp³-hybridized carbons (Fsp3) is 0.143. The van der Waals surface area contributed by atoms with Gasteiger partial charge in [-0.05, 0) is 17.7 Å². The Morgan fingerprint density at radius 1 is 1.40 bits per heavy atom. The Hall–Kier alpha value is -0.305. The summed E-state index contributed by atoms with van der Waals surface area (Å²) in [6, 6.07) is 4.48. The summed E-state index contributed by atoms with van der Waals surface area (Å²) in [6.07, 6.45) is 0. The highest BCUT2D eigenvalue weighted by Crippen LogP contribution is 2.04. The third-order valence-corrected chi connectivity index (χ3v) is 1.78. The van der Waals surface area contributed by atoms with Crippen LogP contribution in [-0.2, 0) is 5.33 Å². The van der Waals surface area contributed by atoms with E-state index in [0.717, 1.165) is 5.56 Å². The maximum absolute atomic E-state index is 12.5. The van der Waals surface area contributed by atoms with Gasteiger partial charge in [0.2, 0.25) is 0 Å². The first-order valence-corrected chi connectivity index (χ1v) is 3.95. The minimum Gasteiger partial charge on any atom is -0.207 e. The quantitative estimate of drug-likeness (QED) is 0.474. The normalized spacial score (nSPS) is 9.80. The summed E-state index contributed by atoms with van der Waals surface area (Å²) in [5, 5.41) is 0.634. The molecular formula is C7H5BBrF. The molecule has 0 saturated heterocycles. The monoisotopic (exact) mass is 198 g/mol. The van der Waals surface area contributed by atoms with Gasteiger partial charge in [-0.15, -0.1) is 0 Å². The molecular weight excluding hydrogens is 194 g/mol. The molecule has 0 atom stereocenters. The van der Waals surface area contributed by atoms with Crippen LogP contribution in [0.1, 0.15) is 5.56 Å². The van der Waals surface area contributed by atoms with Gasteiger partial charge in [-0.1, -0.05) is 27.5 Å². The molecule has 50 valence electrons. The van der Waals surface area contributed by atoms with Gasteiger partial charge in [0.1, 0.15) is 13.7 Å². The van der Waals surface area contributed by atoms with Gasteiger partial charge in [0.15, 0.2) is 0 Å². The van der Waals surface area contributed by atoms with Crippen molar-refractivity contribution in [3.05, 3.63) is 29.6 Å². The number of alkyl halides is 1. The number of hydrogen-bond donors (Lipinski definition) is 0. The molecule has 1 rings (SSSR count). The van der Waals surface area contributed by atoms with Crippen molar-refractivity contribution in [2.75, 3.05) is 0 Å². The van der Waals surface area contributed by atoms with Crippen LogP contribution in [0.4, 0.5) is 4.39 Å². The van der Waals surface area contributed by atoms with Gasteiger partial charge in [0.05, 0.1) is 0 Å². The fourth-order valence-electron chi connectivity index (χ4n) is 0.753. The van der Waals surface area contributed by atoms with Gasteiger partial charge < -0.3 is 0 Å². The van der Waals surface area contributed by atoms with Crippen molar-refractivity contribution in [2.45, 2.75) is 5.33 Å². The Kier molecular flexibility index (Phi) is 2.49. The number of benzene rings is 1. The molecule has 0 fully saturated rings. The third kappa shape index (κ3) is 1.84. The molecule has 0 aliphatic carbocycles. The van der Waals surface area contributed by atoms with Crippen molar-refractivity contribution in [3.63, 3.8) is 0 Å². The molecule has 0 heterocycles. The van der Waals surface area contributed by atoms with Crippen LogP contribution >= 0.6 is 15.9 Å². The minimum absolute atomic E-state index is 0.283. The van der Waals surface area contributed by atoms with Gasteiger partial charge in [-0.25, -0.2) is 4.39 Å². The third-order valence-electron chi connectivity index (χ3n) is 1.13. The van der Waals surface area contributed by atoms with E-state index in [1.54, 1.807) is 6.07 Å². The summed E-state index contributed by atoms with van der Waals surface area (Å²) in [6.45, 7) is 0. The summed E-state index contributed by atoms with van der Waals surface area (Å²) >= 11 is 3.20. The highest BCUT2D eigenvalue weighted by atomic mass is 79.9. The first-order chi connectivity index (χ1) is 4.72. The standard InChI is InChI=1S/C7H5BBrF/c8-6-1-5(4-9)2-7(10)3-6/h1-3H,4H2. The molecule has 0 nitrogen and oxygen atoms in total. The lowest BCUT2D eigenvalue weighted by Gasteiger charge is -1.97. The van der Waals surface area contributed by atoms with Gasteiger partial charge in [0, 0.05) is 5.33 Å². The van der Waals surface area contributed by atoms with Gasteiger partial charge >= 0.3 is 0 Å². The first-order valence-electron chi connectivity index (χ1n) is 2.83. The second-order valence-corrected chi connectivity index (χ2v) is 2.59. The van der Waals surface area contributed by atoms with E-state index < -0.39 is 0 Å². The van der Waals surface area contributed by atoms with E-state index in [-0.39, 0.29) is 5.82 Å². The lowest BCUT2D eigenvalue weighted by Crippen LogP contribution is -2.03. The molecule has 1 aromatic rings. The van der Waals surface area contributed by atoms with Crippen LogP contribution in [0, 0.1) is 5.82 Å². The highest BCUT2D eigenvalue weighted by molar-refractivity contribution is 9.08. The van der Waals surface area contributed by atoms with Crippen LogP contribution in [0.15, 0.2) is 18.2 Å². The van der Waals surface area contributed by atoms with Crippen LogP contribution in [0.3, 0.4) is 0 Å². The lowest BCUT2D eigenvalue weighted by molar-refractivity contribution is 0.627. The Labute approximate surface area is 69.0 Å². The zero-order chi connectivity index (χ0) is 7.56. The van der Waals surface area contributed by atoms with Crippen molar-refractivity contribution in [1.82, 2.24) is 0 Å². The fourth-order valence-corrected chi connectivity index (χ4v) is 1.08. The average molecular weight is 199 g/mol. The van der Waals surface area contributed by atoms with Crippen molar-refractivity contribution >= 4 is 29.2 Å². The van der Waals surface area contributed by atoms with E-state index in [1.165, 1.54) is 12.1 Å². The predicted molar refractivity (Wildman–Crippen MR) is 44.4 cm³/mol. The molecule has 0 spiro atoms. The Bertz CT molecular complexity index is 217.